The van der Waals surface area contributed by atoms with Crippen LogP contribution in [0.2, 0.25) is 0 Å². The monoisotopic (exact) mass is 361 g/mol. The maximum absolute atomic E-state index is 12.4. The summed E-state index contributed by atoms with van der Waals surface area (Å²) in [4.78, 5) is 12.4. The number of sulfonamides is 1. The molecular weight excluding hydrogens is 338 g/mol. The predicted octanol–water partition coefficient (Wildman–Crippen LogP) is 1.74. The molecule has 6 nitrogen and oxygen atoms in total. The normalized spacial score (nSPS) is 21.1. The van der Waals surface area contributed by atoms with Gasteiger partial charge in [0.1, 0.15) is 0 Å². The van der Waals surface area contributed by atoms with Crippen molar-refractivity contribution in [2.24, 2.45) is 0 Å². The molecule has 0 bridgehead atoms. The first kappa shape index (κ1) is 19.7. The number of nitrogens with one attached hydrogen (secondary N) is 3. The van der Waals surface area contributed by atoms with Crippen molar-refractivity contribution in [2.45, 2.75) is 38.8 Å². The van der Waals surface area contributed by atoms with Crippen LogP contribution in [0.5, 0.6) is 0 Å². The Bertz CT molecular complexity index is 637. The third kappa shape index (κ3) is 5.67. The second-order valence-electron chi connectivity index (χ2n) is 5.60. The first-order valence-electron chi connectivity index (χ1n) is 7.55. The van der Waals surface area contributed by atoms with Gasteiger partial charge in [0.15, 0.2) is 0 Å². The molecule has 1 aliphatic rings. The lowest BCUT2D eigenvalue weighted by molar-refractivity contribution is 0.0926. The Morgan fingerprint density at radius 3 is 2.70 bits per heavy atom. The molecule has 8 heteroatoms. The quantitative estimate of drug-likeness (QED) is 0.745. The van der Waals surface area contributed by atoms with Crippen molar-refractivity contribution >= 4 is 34.0 Å². The van der Waals surface area contributed by atoms with Crippen LogP contribution in [0.4, 0.5) is 5.69 Å². The van der Waals surface area contributed by atoms with E-state index < -0.39 is 10.0 Å². The molecule has 0 radical (unpaired) electrons. The van der Waals surface area contributed by atoms with Crippen molar-refractivity contribution in [3.8, 4) is 0 Å². The maximum Gasteiger partial charge on any atom is 0.253 e. The average Bonchev–Trinajstić information content (AvgIpc) is 2.47. The standard InChI is InChI=1S/C15H23N3O3S.ClH/c1-3-22(20,21)18-14-7-5-4-6-13(14)15(19)17-12-8-9-16-11(2)10-12;/h4-7,11-12,16,18H,3,8-10H2,1-2H3,(H,17,19);1H. The fourth-order valence-electron chi connectivity index (χ4n) is 2.54. The van der Waals surface area contributed by atoms with Gasteiger partial charge in [0.05, 0.1) is 17.0 Å². The van der Waals surface area contributed by atoms with Gasteiger partial charge in [-0.05, 0) is 45.4 Å². The molecule has 2 rings (SSSR count). The van der Waals surface area contributed by atoms with Crippen LogP contribution < -0.4 is 15.4 Å². The summed E-state index contributed by atoms with van der Waals surface area (Å²) in [7, 11) is -3.41. The second-order valence-corrected chi connectivity index (χ2v) is 7.61. The first-order valence-corrected chi connectivity index (χ1v) is 9.20. The van der Waals surface area contributed by atoms with Crippen molar-refractivity contribution in [1.29, 1.82) is 0 Å². The molecule has 0 aromatic heterocycles. The zero-order valence-corrected chi connectivity index (χ0v) is 15.0. The summed E-state index contributed by atoms with van der Waals surface area (Å²) in [6.45, 7) is 4.51. The Morgan fingerprint density at radius 1 is 1.35 bits per heavy atom. The molecule has 2 unspecified atom stereocenters. The number of rotatable bonds is 5. The van der Waals surface area contributed by atoms with E-state index in [2.05, 4.69) is 22.3 Å². The number of carbonyl (C=O) groups excluding carboxylic acids is 1. The molecular formula is C15H24ClN3O3S. The minimum absolute atomic E-state index is 0. The minimum Gasteiger partial charge on any atom is -0.349 e. The number of carbonyl (C=O) groups is 1. The lowest BCUT2D eigenvalue weighted by Gasteiger charge is -2.28. The third-order valence-electron chi connectivity index (χ3n) is 3.78. The molecule has 0 aliphatic carbocycles. The van der Waals surface area contributed by atoms with Gasteiger partial charge in [0.2, 0.25) is 10.0 Å². The molecule has 1 amide bonds. The largest absolute Gasteiger partial charge is 0.349 e. The highest BCUT2D eigenvalue weighted by Gasteiger charge is 2.22. The summed E-state index contributed by atoms with van der Waals surface area (Å²) in [5, 5.41) is 6.33. The number of hydrogen-bond acceptors (Lipinski definition) is 4. The zero-order chi connectivity index (χ0) is 16.2. The second kappa shape index (κ2) is 8.52. The number of halogens is 1. The molecule has 23 heavy (non-hydrogen) atoms. The van der Waals surface area contributed by atoms with Crippen LogP contribution in [0.3, 0.4) is 0 Å². The number of anilines is 1. The fraction of sp³-hybridized carbons (Fsp3) is 0.533. The van der Waals surface area contributed by atoms with Gasteiger partial charge in [-0.25, -0.2) is 8.42 Å². The van der Waals surface area contributed by atoms with E-state index in [-0.39, 0.29) is 30.1 Å². The van der Waals surface area contributed by atoms with Gasteiger partial charge in [-0.2, -0.15) is 0 Å². The Morgan fingerprint density at radius 2 is 2.04 bits per heavy atom. The molecule has 2 atom stereocenters. The fourth-order valence-corrected chi connectivity index (χ4v) is 3.19. The summed E-state index contributed by atoms with van der Waals surface area (Å²) < 4.78 is 25.9. The van der Waals surface area contributed by atoms with Crippen molar-refractivity contribution < 1.29 is 13.2 Å². The summed E-state index contributed by atoms with van der Waals surface area (Å²) in [6, 6.07) is 7.15. The number of amides is 1. The third-order valence-corrected chi connectivity index (χ3v) is 5.07. The van der Waals surface area contributed by atoms with Gasteiger partial charge in [-0.1, -0.05) is 12.1 Å². The molecule has 1 fully saturated rings. The molecule has 130 valence electrons. The summed E-state index contributed by atoms with van der Waals surface area (Å²) in [5.74, 6) is -0.275. The zero-order valence-electron chi connectivity index (χ0n) is 13.3. The van der Waals surface area contributed by atoms with Crippen LogP contribution in [0, 0.1) is 0 Å². The van der Waals surface area contributed by atoms with Gasteiger partial charge >= 0.3 is 0 Å². The highest BCUT2D eigenvalue weighted by atomic mass is 35.5. The molecule has 1 aliphatic heterocycles. The van der Waals surface area contributed by atoms with E-state index in [4.69, 9.17) is 0 Å². The minimum atomic E-state index is -3.41. The number of piperidine rings is 1. The van der Waals surface area contributed by atoms with E-state index >= 15 is 0 Å². The van der Waals surface area contributed by atoms with E-state index in [1.165, 1.54) is 0 Å². The SMILES string of the molecule is CCS(=O)(=O)Nc1ccccc1C(=O)NC1CCNC(C)C1.Cl. The van der Waals surface area contributed by atoms with E-state index in [1.807, 2.05) is 0 Å². The molecule has 1 aromatic carbocycles. The van der Waals surface area contributed by atoms with Gasteiger partial charge in [-0.15, -0.1) is 12.4 Å². The molecule has 0 spiro atoms. The Labute approximate surface area is 143 Å². The van der Waals surface area contributed by atoms with Crippen LogP contribution in [0.15, 0.2) is 24.3 Å². The highest BCUT2D eigenvalue weighted by molar-refractivity contribution is 7.92. The highest BCUT2D eigenvalue weighted by Crippen LogP contribution is 2.18. The molecule has 0 saturated carbocycles. The summed E-state index contributed by atoms with van der Waals surface area (Å²) in [6.07, 6.45) is 1.74. The Balaban J connectivity index is 0.00000264. The maximum atomic E-state index is 12.4. The number of benzene rings is 1. The van der Waals surface area contributed by atoms with E-state index in [1.54, 1.807) is 31.2 Å². The topological polar surface area (TPSA) is 87.3 Å². The summed E-state index contributed by atoms with van der Waals surface area (Å²) in [5.41, 5.74) is 0.676. The van der Waals surface area contributed by atoms with Crippen molar-refractivity contribution in [1.82, 2.24) is 10.6 Å². The van der Waals surface area contributed by atoms with Crippen molar-refractivity contribution in [3.63, 3.8) is 0 Å². The van der Waals surface area contributed by atoms with Crippen molar-refractivity contribution in [2.75, 3.05) is 17.0 Å². The number of hydrogen-bond donors (Lipinski definition) is 3. The smallest absolute Gasteiger partial charge is 0.253 e. The number of para-hydroxylation sites is 1. The van der Waals surface area contributed by atoms with Crippen LogP contribution in [0.25, 0.3) is 0 Å². The predicted molar refractivity (Wildman–Crippen MR) is 94.7 cm³/mol. The van der Waals surface area contributed by atoms with E-state index in [0.717, 1.165) is 19.4 Å². The molecule has 1 aromatic rings. The van der Waals surface area contributed by atoms with Gasteiger partial charge in [-0.3, -0.25) is 9.52 Å². The average molecular weight is 362 g/mol. The van der Waals surface area contributed by atoms with Gasteiger partial charge in [0, 0.05) is 12.1 Å². The Hall–Kier alpha value is -1.31. The van der Waals surface area contributed by atoms with E-state index in [9.17, 15) is 13.2 Å². The molecule has 3 N–H and O–H groups in total. The van der Waals surface area contributed by atoms with Crippen LogP contribution in [-0.2, 0) is 10.0 Å². The van der Waals surface area contributed by atoms with Crippen molar-refractivity contribution in [3.05, 3.63) is 29.8 Å². The lowest BCUT2D eigenvalue weighted by Crippen LogP contribution is -2.46. The van der Waals surface area contributed by atoms with Crippen LogP contribution in [0.1, 0.15) is 37.0 Å². The van der Waals surface area contributed by atoms with E-state index in [0.29, 0.717) is 17.3 Å². The summed E-state index contributed by atoms with van der Waals surface area (Å²) >= 11 is 0. The van der Waals surface area contributed by atoms with Crippen LogP contribution >= 0.6 is 12.4 Å². The Kier molecular flexibility index (Phi) is 7.31. The van der Waals surface area contributed by atoms with Gasteiger partial charge < -0.3 is 10.6 Å². The van der Waals surface area contributed by atoms with Crippen LogP contribution in [-0.4, -0.2) is 38.7 Å². The molecule has 1 saturated heterocycles. The first-order chi connectivity index (χ1) is 10.4. The lowest BCUT2D eigenvalue weighted by atomic mass is 10.00. The van der Waals surface area contributed by atoms with Gasteiger partial charge in [0.25, 0.3) is 5.91 Å². The molecule has 1 heterocycles.